The van der Waals surface area contributed by atoms with Gasteiger partial charge in [0, 0.05) is 6.54 Å². The van der Waals surface area contributed by atoms with E-state index in [0.29, 0.717) is 19.8 Å². The lowest BCUT2D eigenvalue weighted by molar-refractivity contribution is 0.107. The molecule has 0 aliphatic heterocycles. The van der Waals surface area contributed by atoms with E-state index in [9.17, 15) is 4.79 Å². The molecule has 2 rings (SSSR count). The van der Waals surface area contributed by atoms with E-state index < -0.39 is 6.03 Å². The summed E-state index contributed by atoms with van der Waals surface area (Å²) in [6.45, 7) is 1.62. The summed E-state index contributed by atoms with van der Waals surface area (Å²) in [6.07, 6.45) is 0. The molecule has 0 aliphatic rings. The van der Waals surface area contributed by atoms with Gasteiger partial charge in [-0.25, -0.2) is 4.79 Å². The van der Waals surface area contributed by atoms with E-state index in [-0.39, 0.29) is 0 Å². The van der Waals surface area contributed by atoms with Crippen molar-refractivity contribution >= 4 is 6.03 Å². The van der Waals surface area contributed by atoms with Crippen molar-refractivity contribution in [3.8, 4) is 0 Å². The second-order valence-corrected chi connectivity index (χ2v) is 4.51. The molecule has 0 aliphatic carbocycles. The summed E-state index contributed by atoms with van der Waals surface area (Å²) >= 11 is 0. The molecule has 4 nitrogen and oxygen atoms in total. The number of carbonyl (C=O) groups is 1. The fraction of sp³-hybridized carbons (Fsp3) is 0.188. The molecule has 0 atom stereocenters. The zero-order valence-electron chi connectivity index (χ0n) is 11.2. The van der Waals surface area contributed by atoms with Gasteiger partial charge >= 0.3 is 6.03 Å². The van der Waals surface area contributed by atoms with E-state index in [1.165, 1.54) is 0 Å². The highest BCUT2D eigenvalue weighted by Crippen LogP contribution is 2.08. The van der Waals surface area contributed by atoms with Crippen LogP contribution in [0.2, 0.25) is 0 Å². The van der Waals surface area contributed by atoms with Crippen LogP contribution in [-0.4, -0.2) is 6.03 Å². The maximum absolute atomic E-state index is 10.6. The van der Waals surface area contributed by atoms with Gasteiger partial charge in [-0.05, 0) is 16.7 Å². The van der Waals surface area contributed by atoms with Gasteiger partial charge in [0.05, 0.1) is 13.2 Å². The van der Waals surface area contributed by atoms with Crippen molar-refractivity contribution in [2.45, 2.75) is 19.8 Å². The highest BCUT2D eigenvalue weighted by Gasteiger charge is 1.98. The lowest BCUT2D eigenvalue weighted by Crippen LogP contribution is -2.28. The number of ether oxygens (including phenoxy) is 1. The highest BCUT2D eigenvalue weighted by atomic mass is 16.5. The van der Waals surface area contributed by atoms with Crippen molar-refractivity contribution in [3.63, 3.8) is 0 Å². The fourth-order valence-electron chi connectivity index (χ4n) is 1.80. The molecule has 0 fully saturated rings. The van der Waals surface area contributed by atoms with Gasteiger partial charge in [0.25, 0.3) is 0 Å². The monoisotopic (exact) mass is 270 g/mol. The van der Waals surface area contributed by atoms with Gasteiger partial charge in [0.15, 0.2) is 0 Å². The number of nitrogens with two attached hydrogens (primary N) is 1. The van der Waals surface area contributed by atoms with Crippen LogP contribution in [-0.2, 0) is 24.5 Å². The van der Waals surface area contributed by atoms with Crippen LogP contribution in [0.25, 0.3) is 0 Å². The molecule has 0 unspecified atom stereocenters. The summed E-state index contributed by atoms with van der Waals surface area (Å²) in [7, 11) is 0. The van der Waals surface area contributed by atoms with Gasteiger partial charge < -0.3 is 15.8 Å². The van der Waals surface area contributed by atoms with Gasteiger partial charge in [-0.2, -0.15) is 0 Å². The van der Waals surface area contributed by atoms with Crippen LogP contribution in [0.1, 0.15) is 16.7 Å². The summed E-state index contributed by atoms with van der Waals surface area (Å²) in [5, 5.41) is 2.55. The van der Waals surface area contributed by atoms with Crippen molar-refractivity contribution in [2.24, 2.45) is 5.73 Å². The molecule has 3 N–H and O–H groups in total. The minimum atomic E-state index is -0.514. The van der Waals surface area contributed by atoms with E-state index in [2.05, 4.69) is 5.32 Å². The number of urea groups is 1. The molecule has 0 bridgehead atoms. The first-order chi connectivity index (χ1) is 9.74. The number of amides is 2. The quantitative estimate of drug-likeness (QED) is 0.847. The van der Waals surface area contributed by atoms with E-state index >= 15 is 0 Å². The molecule has 4 heteroatoms. The second kappa shape index (κ2) is 7.31. The topological polar surface area (TPSA) is 64.4 Å². The van der Waals surface area contributed by atoms with Gasteiger partial charge in [-0.1, -0.05) is 54.6 Å². The Morgan fingerprint density at radius 2 is 1.45 bits per heavy atom. The molecule has 0 saturated carbocycles. The van der Waals surface area contributed by atoms with Gasteiger partial charge in [-0.15, -0.1) is 0 Å². The Morgan fingerprint density at radius 3 is 2.05 bits per heavy atom. The van der Waals surface area contributed by atoms with Gasteiger partial charge in [-0.3, -0.25) is 0 Å². The first-order valence-corrected chi connectivity index (χ1v) is 6.47. The number of primary amides is 1. The van der Waals surface area contributed by atoms with Crippen LogP contribution >= 0.6 is 0 Å². The Kier molecular flexibility index (Phi) is 5.15. The van der Waals surface area contributed by atoms with E-state index in [1.807, 2.05) is 54.6 Å². The largest absolute Gasteiger partial charge is 0.372 e. The van der Waals surface area contributed by atoms with Crippen LogP contribution in [0.15, 0.2) is 54.6 Å². The Bertz CT molecular complexity index is 538. The molecule has 0 spiro atoms. The summed E-state index contributed by atoms with van der Waals surface area (Å²) in [5.41, 5.74) is 8.29. The number of hydrogen-bond donors (Lipinski definition) is 2. The summed E-state index contributed by atoms with van der Waals surface area (Å²) in [6, 6.07) is 17.4. The fourth-order valence-corrected chi connectivity index (χ4v) is 1.80. The van der Waals surface area contributed by atoms with Crippen molar-refractivity contribution < 1.29 is 9.53 Å². The Labute approximate surface area is 118 Å². The minimum Gasteiger partial charge on any atom is -0.372 e. The third-order valence-electron chi connectivity index (χ3n) is 2.87. The molecule has 0 heterocycles. The minimum absolute atomic E-state index is 0.445. The number of benzene rings is 2. The average molecular weight is 270 g/mol. The standard InChI is InChI=1S/C16H18N2O2/c17-16(19)18-10-13-6-8-15(9-7-13)12-20-11-14-4-2-1-3-5-14/h1-9H,10-12H2,(H3,17,18,19). The molecular formula is C16H18N2O2. The Morgan fingerprint density at radius 1 is 0.900 bits per heavy atom. The first kappa shape index (κ1) is 14.1. The third-order valence-corrected chi connectivity index (χ3v) is 2.87. The van der Waals surface area contributed by atoms with Crippen molar-refractivity contribution in [1.29, 1.82) is 0 Å². The van der Waals surface area contributed by atoms with Crippen LogP contribution in [0.4, 0.5) is 4.79 Å². The normalized spacial score (nSPS) is 10.2. The van der Waals surface area contributed by atoms with Crippen LogP contribution < -0.4 is 11.1 Å². The zero-order chi connectivity index (χ0) is 14.2. The Balaban J connectivity index is 1.77. The maximum Gasteiger partial charge on any atom is 0.312 e. The lowest BCUT2D eigenvalue weighted by atomic mass is 10.1. The average Bonchev–Trinajstić information content (AvgIpc) is 2.47. The van der Waals surface area contributed by atoms with E-state index in [4.69, 9.17) is 10.5 Å². The second-order valence-electron chi connectivity index (χ2n) is 4.51. The third kappa shape index (κ3) is 4.74. The molecule has 0 radical (unpaired) electrons. The molecule has 104 valence electrons. The lowest BCUT2D eigenvalue weighted by Gasteiger charge is -2.06. The van der Waals surface area contributed by atoms with Gasteiger partial charge in [0.2, 0.25) is 0 Å². The van der Waals surface area contributed by atoms with Crippen molar-refractivity contribution in [1.82, 2.24) is 5.32 Å². The summed E-state index contributed by atoms with van der Waals surface area (Å²) in [5.74, 6) is 0. The van der Waals surface area contributed by atoms with Crippen LogP contribution in [0.3, 0.4) is 0 Å². The zero-order valence-corrected chi connectivity index (χ0v) is 11.2. The van der Waals surface area contributed by atoms with Crippen molar-refractivity contribution in [2.75, 3.05) is 0 Å². The van der Waals surface area contributed by atoms with E-state index in [1.54, 1.807) is 0 Å². The van der Waals surface area contributed by atoms with Crippen LogP contribution in [0.5, 0.6) is 0 Å². The van der Waals surface area contributed by atoms with Crippen LogP contribution in [0, 0.1) is 0 Å². The Hall–Kier alpha value is -2.33. The molecule has 2 aromatic carbocycles. The van der Waals surface area contributed by atoms with Crippen molar-refractivity contribution in [3.05, 3.63) is 71.3 Å². The predicted octanol–water partition coefficient (Wildman–Crippen LogP) is 2.57. The molecule has 0 aromatic heterocycles. The SMILES string of the molecule is NC(=O)NCc1ccc(COCc2ccccc2)cc1. The number of rotatable bonds is 6. The highest BCUT2D eigenvalue weighted by molar-refractivity contribution is 5.71. The van der Waals surface area contributed by atoms with Gasteiger partial charge in [0.1, 0.15) is 0 Å². The smallest absolute Gasteiger partial charge is 0.312 e. The maximum atomic E-state index is 10.6. The molecule has 0 saturated heterocycles. The molecule has 2 amide bonds. The number of nitrogens with one attached hydrogen (secondary N) is 1. The number of hydrogen-bond acceptors (Lipinski definition) is 2. The summed E-state index contributed by atoms with van der Waals surface area (Å²) in [4.78, 5) is 10.6. The summed E-state index contributed by atoms with van der Waals surface area (Å²) < 4.78 is 5.65. The van der Waals surface area contributed by atoms with E-state index in [0.717, 1.165) is 16.7 Å². The molecule has 20 heavy (non-hydrogen) atoms. The first-order valence-electron chi connectivity index (χ1n) is 6.47. The molecular weight excluding hydrogens is 252 g/mol. The molecule has 2 aromatic rings. The number of carbonyl (C=O) groups excluding carboxylic acids is 1. The predicted molar refractivity (Wildman–Crippen MR) is 77.8 cm³/mol.